The fourth-order valence-electron chi connectivity index (χ4n) is 2.75. The van der Waals surface area contributed by atoms with Crippen LogP contribution in [0.15, 0.2) is 18.2 Å². The van der Waals surface area contributed by atoms with Crippen molar-refractivity contribution in [2.75, 3.05) is 13.6 Å². The zero-order chi connectivity index (χ0) is 16.7. The Balaban J connectivity index is 2.36. The van der Waals surface area contributed by atoms with Crippen molar-refractivity contribution in [3.63, 3.8) is 0 Å². The van der Waals surface area contributed by atoms with Gasteiger partial charge >= 0.3 is 0 Å². The number of rotatable bonds is 2. The van der Waals surface area contributed by atoms with Crippen LogP contribution in [0.3, 0.4) is 0 Å². The van der Waals surface area contributed by atoms with Crippen LogP contribution in [-0.2, 0) is 22.0 Å². The molecule has 1 atom stereocenters. The van der Waals surface area contributed by atoms with E-state index in [2.05, 4.69) is 65.1 Å². The molecule has 1 aliphatic heterocycles. The number of nitrogens with zero attached hydrogens (tertiary/aromatic N) is 1. The SMILES string of the molecule is CN1C(=O)CN[C@@H]1Cc1cc(C(C)(C)C)cc(C(C)(C)C)c1. The first-order valence-electron chi connectivity index (χ1n) is 8.12. The molecule has 1 fully saturated rings. The van der Waals surface area contributed by atoms with E-state index in [9.17, 15) is 4.79 Å². The summed E-state index contributed by atoms with van der Waals surface area (Å²) in [5, 5.41) is 3.30. The van der Waals surface area contributed by atoms with E-state index in [0.717, 1.165) is 6.42 Å². The molecule has 1 amide bonds. The lowest BCUT2D eigenvalue weighted by Gasteiger charge is -2.27. The number of carbonyl (C=O) groups is 1. The van der Waals surface area contributed by atoms with Crippen molar-refractivity contribution in [3.8, 4) is 0 Å². The predicted molar refractivity (Wildman–Crippen MR) is 92.1 cm³/mol. The monoisotopic (exact) mass is 302 g/mol. The highest BCUT2D eigenvalue weighted by Gasteiger charge is 2.28. The second-order valence-electron chi connectivity index (χ2n) is 8.52. The largest absolute Gasteiger partial charge is 0.329 e. The van der Waals surface area contributed by atoms with Crippen molar-refractivity contribution in [2.45, 2.75) is 65.0 Å². The smallest absolute Gasteiger partial charge is 0.237 e. The first-order valence-corrected chi connectivity index (χ1v) is 8.12. The molecule has 122 valence electrons. The van der Waals surface area contributed by atoms with Crippen LogP contribution < -0.4 is 5.32 Å². The third-order valence-corrected chi connectivity index (χ3v) is 4.50. The molecule has 0 aromatic heterocycles. The van der Waals surface area contributed by atoms with E-state index in [-0.39, 0.29) is 22.9 Å². The fraction of sp³-hybridized carbons (Fsp3) is 0.632. The summed E-state index contributed by atoms with van der Waals surface area (Å²) >= 11 is 0. The lowest BCUT2D eigenvalue weighted by atomic mass is 9.79. The van der Waals surface area contributed by atoms with Gasteiger partial charge < -0.3 is 4.90 Å². The molecule has 1 aromatic carbocycles. The summed E-state index contributed by atoms with van der Waals surface area (Å²) in [5.41, 5.74) is 4.28. The van der Waals surface area contributed by atoms with Crippen molar-refractivity contribution in [2.24, 2.45) is 0 Å². The zero-order valence-corrected chi connectivity index (χ0v) is 15.1. The van der Waals surface area contributed by atoms with Gasteiger partial charge in [0.15, 0.2) is 0 Å². The zero-order valence-electron chi connectivity index (χ0n) is 15.1. The molecule has 0 spiro atoms. The molecule has 2 rings (SSSR count). The van der Waals surface area contributed by atoms with Gasteiger partial charge in [-0.2, -0.15) is 0 Å². The molecule has 3 nitrogen and oxygen atoms in total. The van der Waals surface area contributed by atoms with E-state index in [4.69, 9.17) is 0 Å². The number of benzene rings is 1. The summed E-state index contributed by atoms with van der Waals surface area (Å²) < 4.78 is 0. The maximum atomic E-state index is 11.7. The standard InChI is InChI=1S/C19H30N2O/c1-18(2,3)14-8-13(9-15(11-14)19(4,5)6)10-16-20-12-17(22)21(16)7/h8-9,11,16,20H,10,12H2,1-7H3/t16-/m0/s1. The van der Waals surface area contributed by atoms with Gasteiger partial charge in [0.1, 0.15) is 0 Å². The van der Waals surface area contributed by atoms with Gasteiger partial charge in [-0.05, 0) is 27.5 Å². The molecule has 1 aliphatic rings. The highest BCUT2D eigenvalue weighted by molar-refractivity contribution is 5.80. The van der Waals surface area contributed by atoms with Gasteiger partial charge in [-0.15, -0.1) is 0 Å². The van der Waals surface area contributed by atoms with Crippen LogP contribution in [0.1, 0.15) is 58.2 Å². The number of likely N-dealkylation sites (N-methyl/N-ethyl adjacent to an activating group) is 1. The Kier molecular flexibility index (Phi) is 4.40. The van der Waals surface area contributed by atoms with E-state index < -0.39 is 0 Å². The van der Waals surface area contributed by atoms with Crippen LogP contribution in [0.2, 0.25) is 0 Å². The maximum Gasteiger partial charge on any atom is 0.237 e. The number of hydrogen-bond acceptors (Lipinski definition) is 2. The second kappa shape index (κ2) is 5.69. The van der Waals surface area contributed by atoms with Crippen LogP contribution in [0.25, 0.3) is 0 Å². The Labute approximate surface area is 135 Å². The van der Waals surface area contributed by atoms with Crippen molar-refractivity contribution >= 4 is 5.91 Å². The summed E-state index contributed by atoms with van der Waals surface area (Å²) in [6.45, 7) is 14.0. The van der Waals surface area contributed by atoms with Gasteiger partial charge in [-0.1, -0.05) is 59.7 Å². The van der Waals surface area contributed by atoms with E-state index >= 15 is 0 Å². The number of nitrogens with one attached hydrogen (secondary N) is 1. The molecule has 1 N–H and O–H groups in total. The van der Waals surface area contributed by atoms with E-state index in [0.29, 0.717) is 6.54 Å². The highest BCUT2D eigenvalue weighted by Crippen LogP contribution is 2.31. The third-order valence-electron chi connectivity index (χ3n) is 4.50. The first kappa shape index (κ1) is 17.0. The van der Waals surface area contributed by atoms with Crippen LogP contribution >= 0.6 is 0 Å². The van der Waals surface area contributed by atoms with Crippen LogP contribution in [0.5, 0.6) is 0 Å². The van der Waals surface area contributed by atoms with Gasteiger partial charge in [-0.25, -0.2) is 0 Å². The molecule has 1 heterocycles. The molecule has 1 aromatic rings. The summed E-state index contributed by atoms with van der Waals surface area (Å²) in [6, 6.07) is 6.93. The molecular formula is C19H30N2O. The van der Waals surface area contributed by atoms with Gasteiger partial charge in [0.25, 0.3) is 0 Å². The molecule has 0 unspecified atom stereocenters. The molecule has 1 saturated heterocycles. The molecule has 0 saturated carbocycles. The third kappa shape index (κ3) is 3.70. The van der Waals surface area contributed by atoms with Gasteiger partial charge in [0.05, 0.1) is 12.7 Å². The highest BCUT2D eigenvalue weighted by atomic mass is 16.2. The van der Waals surface area contributed by atoms with Crippen molar-refractivity contribution < 1.29 is 4.79 Å². The Morgan fingerprint density at radius 1 is 1.05 bits per heavy atom. The molecule has 22 heavy (non-hydrogen) atoms. The van der Waals surface area contributed by atoms with E-state index in [1.807, 2.05) is 11.9 Å². The molecule has 0 aliphatic carbocycles. The van der Waals surface area contributed by atoms with Crippen molar-refractivity contribution in [1.82, 2.24) is 10.2 Å². The number of amides is 1. The molecule has 0 bridgehead atoms. The first-order chi connectivity index (χ1) is 9.98. The Morgan fingerprint density at radius 2 is 1.55 bits per heavy atom. The average molecular weight is 302 g/mol. The topological polar surface area (TPSA) is 32.3 Å². The number of hydrogen-bond donors (Lipinski definition) is 1. The van der Waals surface area contributed by atoms with Gasteiger partial charge in [-0.3, -0.25) is 10.1 Å². The maximum absolute atomic E-state index is 11.7. The summed E-state index contributed by atoms with van der Waals surface area (Å²) in [6.07, 6.45) is 0.963. The minimum Gasteiger partial charge on any atom is -0.329 e. The Morgan fingerprint density at radius 3 is 1.91 bits per heavy atom. The van der Waals surface area contributed by atoms with Crippen molar-refractivity contribution in [3.05, 3.63) is 34.9 Å². The summed E-state index contributed by atoms with van der Waals surface area (Å²) in [4.78, 5) is 13.5. The Bertz CT molecular complexity index is 532. The molecule has 0 radical (unpaired) electrons. The molecular weight excluding hydrogens is 272 g/mol. The Hall–Kier alpha value is -1.35. The van der Waals surface area contributed by atoms with Crippen LogP contribution in [-0.4, -0.2) is 30.6 Å². The average Bonchev–Trinajstić information content (AvgIpc) is 2.68. The number of carbonyl (C=O) groups excluding carboxylic acids is 1. The van der Waals surface area contributed by atoms with Gasteiger partial charge in [0, 0.05) is 13.5 Å². The summed E-state index contributed by atoms with van der Waals surface area (Å²) in [5.74, 6) is 0.174. The minimum absolute atomic E-state index is 0.107. The fourth-order valence-corrected chi connectivity index (χ4v) is 2.75. The predicted octanol–water partition coefficient (Wildman–Crippen LogP) is 3.21. The van der Waals surface area contributed by atoms with Crippen LogP contribution in [0.4, 0.5) is 0 Å². The van der Waals surface area contributed by atoms with Crippen molar-refractivity contribution in [1.29, 1.82) is 0 Å². The normalized spacial score (nSPS) is 19.9. The van der Waals surface area contributed by atoms with E-state index in [1.54, 1.807) is 0 Å². The van der Waals surface area contributed by atoms with E-state index in [1.165, 1.54) is 16.7 Å². The quantitative estimate of drug-likeness (QED) is 0.910. The minimum atomic E-state index is 0.107. The molecule has 3 heteroatoms. The van der Waals surface area contributed by atoms with Crippen LogP contribution in [0, 0.1) is 0 Å². The summed E-state index contributed by atoms with van der Waals surface area (Å²) in [7, 11) is 1.88. The lowest BCUT2D eigenvalue weighted by Crippen LogP contribution is -2.36. The van der Waals surface area contributed by atoms with Gasteiger partial charge in [0.2, 0.25) is 5.91 Å². The second-order valence-corrected chi connectivity index (χ2v) is 8.52. The lowest BCUT2D eigenvalue weighted by molar-refractivity contribution is -0.126.